The Bertz CT molecular complexity index is 941. The minimum Gasteiger partial charge on any atom is -0.455 e. The Kier molecular flexibility index (Phi) is 6.83. The van der Waals surface area contributed by atoms with E-state index in [-0.39, 0.29) is 12.5 Å². The summed E-state index contributed by atoms with van der Waals surface area (Å²) in [6.45, 7) is 3.57. The highest BCUT2D eigenvalue weighted by molar-refractivity contribution is 9.10. The third-order valence-corrected chi connectivity index (χ3v) is 5.82. The molecule has 0 aromatic heterocycles. The Morgan fingerprint density at radius 2 is 1.38 bits per heavy atom. The molecule has 0 bridgehead atoms. The molecule has 0 aliphatic carbocycles. The van der Waals surface area contributed by atoms with E-state index in [1.165, 1.54) is 0 Å². The van der Waals surface area contributed by atoms with E-state index >= 15 is 0 Å². The van der Waals surface area contributed by atoms with Gasteiger partial charge in [-0.15, -0.1) is 0 Å². The Hall–Kier alpha value is -2.92. The molecule has 29 heavy (non-hydrogen) atoms. The highest BCUT2D eigenvalue weighted by Crippen LogP contribution is 2.27. The molecule has 5 heteroatoms. The van der Waals surface area contributed by atoms with Gasteiger partial charge >= 0.3 is 5.97 Å². The van der Waals surface area contributed by atoms with E-state index in [9.17, 15) is 9.59 Å². The number of carbonyl (C=O) groups is 2. The molecule has 0 radical (unpaired) electrons. The van der Waals surface area contributed by atoms with Crippen LogP contribution in [-0.4, -0.2) is 18.5 Å². The maximum Gasteiger partial charge on any atom is 0.318 e. The number of ether oxygens (including phenoxy) is 1. The van der Waals surface area contributed by atoms with Gasteiger partial charge in [0.2, 0.25) is 0 Å². The molecular formula is C24H22BrNO3. The van der Waals surface area contributed by atoms with Crippen molar-refractivity contribution in [2.45, 2.75) is 19.8 Å². The van der Waals surface area contributed by atoms with E-state index in [0.29, 0.717) is 5.69 Å². The number of hydrogen-bond acceptors (Lipinski definition) is 3. The highest BCUT2D eigenvalue weighted by Gasteiger charge is 2.24. The third-order valence-electron chi connectivity index (χ3n) is 4.57. The standard InChI is InChI=1S/C24H22BrNO3/c1-16-13-20(14-17(2)23(16)25)26-21(27)15-29-24(28)22(18-9-5-3-6-10-18)19-11-7-4-8-12-19/h3-14,22H,15H2,1-2H3,(H,26,27). The van der Waals surface area contributed by atoms with Crippen LogP contribution in [-0.2, 0) is 14.3 Å². The van der Waals surface area contributed by atoms with Crippen molar-refractivity contribution in [3.63, 3.8) is 0 Å². The van der Waals surface area contributed by atoms with Gasteiger partial charge in [-0.2, -0.15) is 0 Å². The Labute approximate surface area is 179 Å². The summed E-state index contributed by atoms with van der Waals surface area (Å²) in [6, 6.07) is 22.6. The molecule has 3 aromatic rings. The smallest absolute Gasteiger partial charge is 0.318 e. The lowest BCUT2D eigenvalue weighted by atomic mass is 9.91. The maximum absolute atomic E-state index is 12.8. The van der Waals surface area contributed by atoms with E-state index in [2.05, 4.69) is 21.2 Å². The predicted octanol–water partition coefficient (Wildman–Crippen LogP) is 5.38. The lowest BCUT2D eigenvalue weighted by Gasteiger charge is -2.17. The van der Waals surface area contributed by atoms with Gasteiger partial charge in [0.1, 0.15) is 5.92 Å². The molecule has 0 atom stereocenters. The Morgan fingerprint density at radius 3 is 1.86 bits per heavy atom. The zero-order valence-electron chi connectivity index (χ0n) is 16.3. The monoisotopic (exact) mass is 451 g/mol. The summed E-state index contributed by atoms with van der Waals surface area (Å²) in [4.78, 5) is 25.2. The quantitative estimate of drug-likeness (QED) is 0.511. The van der Waals surface area contributed by atoms with Gasteiger partial charge in [0.15, 0.2) is 6.61 Å². The van der Waals surface area contributed by atoms with Crippen LogP contribution >= 0.6 is 15.9 Å². The van der Waals surface area contributed by atoms with E-state index in [0.717, 1.165) is 26.7 Å². The summed E-state index contributed by atoms with van der Waals surface area (Å²) in [5, 5.41) is 2.79. The van der Waals surface area contributed by atoms with Gasteiger partial charge in [0.25, 0.3) is 5.91 Å². The van der Waals surface area contributed by atoms with Gasteiger partial charge in [0.05, 0.1) is 0 Å². The van der Waals surface area contributed by atoms with Crippen LogP contribution in [0.1, 0.15) is 28.2 Å². The van der Waals surface area contributed by atoms with Crippen LogP contribution in [0.5, 0.6) is 0 Å². The van der Waals surface area contributed by atoms with Crippen molar-refractivity contribution >= 4 is 33.5 Å². The zero-order valence-corrected chi connectivity index (χ0v) is 17.9. The van der Waals surface area contributed by atoms with Crippen molar-refractivity contribution in [2.24, 2.45) is 0 Å². The molecule has 4 nitrogen and oxygen atoms in total. The first kappa shape index (κ1) is 20.8. The number of carbonyl (C=O) groups excluding carboxylic acids is 2. The molecule has 148 valence electrons. The molecule has 0 fully saturated rings. The summed E-state index contributed by atoms with van der Waals surface area (Å²) in [5.74, 6) is -1.41. The molecule has 3 aromatic carbocycles. The van der Waals surface area contributed by atoms with Crippen molar-refractivity contribution < 1.29 is 14.3 Å². The number of benzene rings is 3. The first-order chi connectivity index (χ1) is 14.0. The van der Waals surface area contributed by atoms with Crippen molar-refractivity contribution in [2.75, 3.05) is 11.9 Å². The van der Waals surface area contributed by atoms with Crippen LogP contribution in [0, 0.1) is 13.8 Å². The molecule has 1 N–H and O–H groups in total. The highest BCUT2D eigenvalue weighted by atomic mass is 79.9. The first-order valence-corrected chi connectivity index (χ1v) is 10.1. The summed E-state index contributed by atoms with van der Waals surface area (Å²) < 4.78 is 6.38. The zero-order chi connectivity index (χ0) is 20.8. The number of halogens is 1. The van der Waals surface area contributed by atoms with Gasteiger partial charge < -0.3 is 10.1 Å². The number of esters is 1. The number of amides is 1. The maximum atomic E-state index is 12.8. The fourth-order valence-electron chi connectivity index (χ4n) is 3.19. The second kappa shape index (κ2) is 9.52. The van der Waals surface area contributed by atoms with Crippen molar-refractivity contribution in [3.8, 4) is 0 Å². The minimum absolute atomic E-state index is 0.344. The average molecular weight is 452 g/mol. The van der Waals surface area contributed by atoms with Gasteiger partial charge in [0, 0.05) is 10.2 Å². The van der Waals surface area contributed by atoms with E-state index in [1.807, 2.05) is 86.6 Å². The van der Waals surface area contributed by atoms with Crippen LogP contribution in [0.3, 0.4) is 0 Å². The summed E-state index contributed by atoms with van der Waals surface area (Å²) in [6.07, 6.45) is 0. The number of hydrogen-bond donors (Lipinski definition) is 1. The van der Waals surface area contributed by atoms with Crippen LogP contribution in [0.15, 0.2) is 77.3 Å². The van der Waals surface area contributed by atoms with Crippen molar-refractivity contribution in [1.29, 1.82) is 0 Å². The van der Waals surface area contributed by atoms with Crippen molar-refractivity contribution in [3.05, 3.63) is 99.5 Å². The fraction of sp³-hybridized carbons (Fsp3) is 0.167. The normalized spacial score (nSPS) is 10.6. The molecule has 0 saturated heterocycles. The predicted molar refractivity (Wildman–Crippen MR) is 118 cm³/mol. The average Bonchev–Trinajstić information content (AvgIpc) is 2.72. The second-order valence-corrected chi connectivity index (χ2v) is 7.63. The van der Waals surface area contributed by atoms with Gasteiger partial charge in [-0.3, -0.25) is 9.59 Å². The Balaban J connectivity index is 1.69. The molecule has 0 unspecified atom stereocenters. The van der Waals surface area contributed by atoms with E-state index in [4.69, 9.17) is 4.74 Å². The largest absolute Gasteiger partial charge is 0.455 e. The molecule has 0 aliphatic rings. The molecule has 1 amide bonds. The van der Waals surface area contributed by atoms with E-state index < -0.39 is 11.9 Å². The molecule has 3 rings (SSSR count). The number of nitrogens with one attached hydrogen (secondary N) is 1. The number of anilines is 1. The molecule has 0 saturated carbocycles. The molecule has 0 spiro atoms. The van der Waals surface area contributed by atoms with Crippen LogP contribution < -0.4 is 5.32 Å². The second-order valence-electron chi connectivity index (χ2n) is 6.83. The lowest BCUT2D eigenvalue weighted by molar-refractivity contribution is -0.147. The van der Waals surface area contributed by atoms with Gasteiger partial charge in [-0.05, 0) is 48.2 Å². The first-order valence-electron chi connectivity index (χ1n) is 9.29. The number of rotatable bonds is 6. The van der Waals surface area contributed by atoms with Crippen LogP contribution in [0.4, 0.5) is 5.69 Å². The SMILES string of the molecule is Cc1cc(NC(=O)COC(=O)C(c2ccccc2)c2ccccc2)cc(C)c1Br. The lowest BCUT2D eigenvalue weighted by Crippen LogP contribution is -2.24. The molecular weight excluding hydrogens is 430 g/mol. The van der Waals surface area contributed by atoms with Gasteiger partial charge in [-0.25, -0.2) is 0 Å². The van der Waals surface area contributed by atoms with Crippen LogP contribution in [0.25, 0.3) is 0 Å². The van der Waals surface area contributed by atoms with Crippen LogP contribution in [0.2, 0.25) is 0 Å². The fourth-order valence-corrected chi connectivity index (χ4v) is 3.42. The molecule has 0 heterocycles. The Morgan fingerprint density at radius 1 is 0.897 bits per heavy atom. The summed E-state index contributed by atoms with van der Waals surface area (Å²) in [7, 11) is 0. The summed E-state index contributed by atoms with van der Waals surface area (Å²) in [5.41, 5.74) is 4.36. The summed E-state index contributed by atoms with van der Waals surface area (Å²) >= 11 is 3.51. The third kappa shape index (κ3) is 5.33. The number of aryl methyl sites for hydroxylation is 2. The molecule has 0 aliphatic heterocycles. The van der Waals surface area contributed by atoms with Gasteiger partial charge in [-0.1, -0.05) is 76.6 Å². The van der Waals surface area contributed by atoms with E-state index in [1.54, 1.807) is 0 Å². The minimum atomic E-state index is -0.581. The van der Waals surface area contributed by atoms with Crippen molar-refractivity contribution in [1.82, 2.24) is 0 Å². The topological polar surface area (TPSA) is 55.4 Å².